The van der Waals surface area contributed by atoms with Crippen LogP contribution in [0, 0.1) is 0 Å². The van der Waals surface area contributed by atoms with E-state index in [1.54, 1.807) is 0 Å². The Kier molecular flexibility index (Phi) is 4.46. The van der Waals surface area contributed by atoms with E-state index in [0.717, 1.165) is 30.2 Å². The minimum Gasteiger partial charge on any atom is -0.492 e. The summed E-state index contributed by atoms with van der Waals surface area (Å²) in [4.78, 5) is 3.59. The van der Waals surface area contributed by atoms with Gasteiger partial charge in [-0.3, -0.25) is 0 Å². The molecule has 0 aliphatic heterocycles. The number of halogens is 1. The number of rotatable bonds is 5. The number of aryl methyl sites for hydroxylation is 1. The quantitative estimate of drug-likeness (QED) is 0.650. The number of aromatic amines is 1. The van der Waals surface area contributed by atoms with E-state index in [0.29, 0.717) is 12.6 Å². The molecule has 0 unspecified atom stereocenters. The van der Waals surface area contributed by atoms with Gasteiger partial charge in [0.25, 0.3) is 0 Å². The maximum Gasteiger partial charge on any atom is 0.119 e. The second-order valence-electron chi connectivity index (χ2n) is 6.27. The highest BCUT2D eigenvalue weighted by atomic mass is 35.5. The first-order valence-corrected chi connectivity index (χ1v) is 8.90. The van der Waals surface area contributed by atoms with Gasteiger partial charge in [0.15, 0.2) is 0 Å². The van der Waals surface area contributed by atoms with Crippen LogP contribution in [-0.4, -0.2) is 18.1 Å². The summed E-state index contributed by atoms with van der Waals surface area (Å²) in [6.07, 6.45) is 3.47. The minimum absolute atomic E-state index is 0.360. The number of benzene rings is 2. The van der Waals surface area contributed by atoms with Crippen molar-refractivity contribution in [2.45, 2.75) is 25.3 Å². The molecular weight excluding hydrogens is 320 g/mol. The molecular formula is C20H21ClN2O. The Morgan fingerprint density at radius 1 is 1.17 bits per heavy atom. The molecule has 1 aliphatic carbocycles. The van der Waals surface area contributed by atoms with E-state index in [-0.39, 0.29) is 0 Å². The van der Waals surface area contributed by atoms with Gasteiger partial charge < -0.3 is 15.0 Å². The van der Waals surface area contributed by atoms with E-state index in [4.69, 9.17) is 16.3 Å². The molecule has 4 rings (SSSR count). The topological polar surface area (TPSA) is 37.0 Å². The first-order chi connectivity index (χ1) is 11.8. The van der Waals surface area contributed by atoms with Crippen molar-refractivity contribution in [2.75, 3.05) is 13.2 Å². The predicted octanol–water partition coefficient (Wildman–Crippen LogP) is 4.87. The van der Waals surface area contributed by atoms with E-state index in [2.05, 4.69) is 22.4 Å². The third-order valence-electron chi connectivity index (χ3n) is 4.67. The summed E-state index contributed by atoms with van der Waals surface area (Å²) in [6.45, 7) is 1.50. The summed E-state index contributed by atoms with van der Waals surface area (Å²) < 4.78 is 5.77. The van der Waals surface area contributed by atoms with Gasteiger partial charge in [0.05, 0.1) is 0 Å². The van der Waals surface area contributed by atoms with Gasteiger partial charge in [0, 0.05) is 34.2 Å². The van der Waals surface area contributed by atoms with E-state index < -0.39 is 0 Å². The lowest BCUT2D eigenvalue weighted by Crippen LogP contribution is -2.29. The van der Waals surface area contributed by atoms with Crippen molar-refractivity contribution in [3.05, 3.63) is 64.8 Å². The molecule has 124 valence electrons. The molecule has 0 spiro atoms. The van der Waals surface area contributed by atoms with Gasteiger partial charge in [0.2, 0.25) is 0 Å². The number of hydrogen-bond donors (Lipinski definition) is 2. The van der Waals surface area contributed by atoms with E-state index in [1.165, 1.54) is 28.6 Å². The lowest BCUT2D eigenvalue weighted by Gasteiger charge is -2.24. The molecule has 0 bridgehead atoms. The molecule has 2 aromatic carbocycles. The maximum atomic E-state index is 6.17. The fourth-order valence-electron chi connectivity index (χ4n) is 3.56. The Labute approximate surface area is 147 Å². The number of fused-ring (bicyclic) bond motifs is 3. The van der Waals surface area contributed by atoms with Gasteiger partial charge in [-0.05, 0) is 55.2 Å². The number of ether oxygens (including phenoxy) is 1. The highest BCUT2D eigenvalue weighted by molar-refractivity contribution is 6.31. The molecule has 1 heterocycles. The van der Waals surface area contributed by atoms with Crippen molar-refractivity contribution in [1.82, 2.24) is 10.3 Å². The molecule has 0 fully saturated rings. The molecule has 2 N–H and O–H groups in total. The van der Waals surface area contributed by atoms with Crippen LogP contribution in [0.5, 0.6) is 5.75 Å². The van der Waals surface area contributed by atoms with Crippen LogP contribution in [-0.2, 0) is 6.42 Å². The Morgan fingerprint density at radius 3 is 2.92 bits per heavy atom. The largest absolute Gasteiger partial charge is 0.492 e. The molecule has 24 heavy (non-hydrogen) atoms. The van der Waals surface area contributed by atoms with Crippen LogP contribution in [0.4, 0.5) is 0 Å². The maximum absolute atomic E-state index is 6.17. The van der Waals surface area contributed by atoms with Gasteiger partial charge >= 0.3 is 0 Å². The fraction of sp³-hybridized carbons (Fsp3) is 0.300. The Balaban J connectivity index is 1.43. The summed E-state index contributed by atoms with van der Waals surface area (Å²) >= 11 is 6.17. The van der Waals surface area contributed by atoms with Crippen LogP contribution < -0.4 is 10.1 Å². The molecule has 1 aromatic heterocycles. The molecule has 0 radical (unpaired) electrons. The Hall–Kier alpha value is -1.97. The second-order valence-corrected chi connectivity index (χ2v) is 6.70. The SMILES string of the molecule is Clc1ccc2[nH]c3c(c2c1)CCC[C@@H]3NCCOc1ccccc1. The standard InChI is InChI=1S/C20H21ClN2O/c21-14-9-10-18-17(13-14)16-7-4-8-19(20(16)23-18)22-11-12-24-15-5-2-1-3-6-15/h1-3,5-6,9-10,13,19,22-23H,4,7-8,11-12H2/t19-/m0/s1. The van der Waals surface area contributed by atoms with E-state index in [1.807, 2.05) is 36.4 Å². The average Bonchev–Trinajstić information content (AvgIpc) is 2.98. The van der Waals surface area contributed by atoms with Gasteiger partial charge in [-0.15, -0.1) is 0 Å². The normalized spacial score (nSPS) is 17.0. The van der Waals surface area contributed by atoms with Crippen molar-refractivity contribution in [3.8, 4) is 5.75 Å². The lowest BCUT2D eigenvalue weighted by atomic mass is 9.92. The zero-order valence-electron chi connectivity index (χ0n) is 13.5. The summed E-state index contributed by atoms with van der Waals surface area (Å²) in [5.74, 6) is 0.920. The number of H-pyrrole nitrogens is 1. The molecule has 3 aromatic rings. The number of hydrogen-bond acceptors (Lipinski definition) is 2. The highest BCUT2D eigenvalue weighted by Crippen LogP contribution is 2.35. The third kappa shape index (κ3) is 3.14. The molecule has 4 heteroatoms. The molecule has 1 atom stereocenters. The van der Waals surface area contributed by atoms with Crippen LogP contribution in [0.1, 0.15) is 30.1 Å². The molecule has 0 saturated carbocycles. The van der Waals surface area contributed by atoms with Gasteiger partial charge in [-0.2, -0.15) is 0 Å². The van der Waals surface area contributed by atoms with Crippen molar-refractivity contribution < 1.29 is 4.74 Å². The Bertz CT molecular complexity index is 828. The average molecular weight is 341 g/mol. The molecule has 0 saturated heterocycles. The first-order valence-electron chi connectivity index (χ1n) is 8.52. The molecule has 0 amide bonds. The van der Waals surface area contributed by atoms with Crippen molar-refractivity contribution in [2.24, 2.45) is 0 Å². The zero-order chi connectivity index (χ0) is 16.4. The third-order valence-corrected chi connectivity index (χ3v) is 4.91. The van der Waals surface area contributed by atoms with Crippen LogP contribution in [0.25, 0.3) is 10.9 Å². The van der Waals surface area contributed by atoms with Crippen molar-refractivity contribution in [3.63, 3.8) is 0 Å². The minimum atomic E-state index is 0.360. The summed E-state index contributed by atoms with van der Waals surface area (Å²) in [5.41, 5.74) is 3.91. The zero-order valence-corrected chi connectivity index (χ0v) is 14.3. The predicted molar refractivity (Wildman–Crippen MR) is 98.9 cm³/mol. The number of para-hydroxylation sites is 1. The van der Waals surface area contributed by atoms with Crippen LogP contribution in [0.15, 0.2) is 48.5 Å². The van der Waals surface area contributed by atoms with E-state index in [9.17, 15) is 0 Å². The van der Waals surface area contributed by atoms with E-state index >= 15 is 0 Å². The summed E-state index contributed by atoms with van der Waals surface area (Å²) in [6, 6.07) is 16.4. The first kappa shape index (κ1) is 15.6. The fourth-order valence-corrected chi connectivity index (χ4v) is 3.73. The van der Waals surface area contributed by atoms with Crippen LogP contribution in [0.3, 0.4) is 0 Å². The number of aromatic nitrogens is 1. The lowest BCUT2D eigenvalue weighted by molar-refractivity contribution is 0.300. The van der Waals surface area contributed by atoms with Crippen molar-refractivity contribution in [1.29, 1.82) is 0 Å². The van der Waals surface area contributed by atoms with Gasteiger partial charge in [-0.25, -0.2) is 0 Å². The van der Waals surface area contributed by atoms with Gasteiger partial charge in [-0.1, -0.05) is 29.8 Å². The Morgan fingerprint density at radius 2 is 2.04 bits per heavy atom. The summed E-state index contributed by atoms with van der Waals surface area (Å²) in [5, 5.41) is 5.70. The van der Waals surface area contributed by atoms with Crippen LogP contribution >= 0.6 is 11.6 Å². The second kappa shape index (κ2) is 6.88. The molecule has 1 aliphatic rings. The summed E-state index contributed by atoms with van der Waals surface area (Å²) in [7, 11) is 0. The van der Waals surface area contributed by atoms with Crippen LogP contribution in [0.2, 0.25) is 5.02 Å². The smallest absolute Gasteiger partial charge is 0.119 e. The van der Waals surface area contributed by atoms with Crippen molar-refractivity contribution >= 4 is 22.5 Å². The van der Waals surface area contributed by atoms with Gasteiger partial charge in [0.1, 0.15) is 12.4 Å². The number of nitrogens with one attached hydrogen (secondary N) is 2. The highest BCUT2D eigenvalue weighted by Gasteiger charge is 2.23. The monoisotopic (exact) mass is 340 g/mol. The molecule has 3 nitrogen and oxygen atoms in total.